The molecule has 6 heteroatoms. The van der Waals surface area contributed by atoms with Gasteiger partial charge in [0.1, 0.15) is 0 Å². The van der Waals surface area contributed by atoms with Gasteiger partial charge in [-0.2, -0.15) is 0 Å². The summed E-state index contributed by atoms with van der Waals surface area (Å²) in [6.07, 6.45) is 4.26. The minimum atomic E-state index is -0.491. The van der Waals surface area contributed by atoms with E-state index in [2.05, 4.69) is 5.32 Å². The molecule has 0 aliphatic carbocycles. The molecule has 2 atom stereocenters. The summed E-state index contributed by atoms with van der Waals surface area (Å²) in [7, 11) is 3.45. The highest BCUT2D eigenvalue weighted by atomic mass is 16.5. The standard InChI is InChI=1S/C12H19N3O3/c1-13-10(9-3-6-18-8-9)7-15-5-4-14(2)11(16)12(15)17/h4-5,9-10,13H,3,6-8H2,1-2H3. The number of hydrogen-bond donors (Lipinski definition) is 1. The fourth-order valence-electron chi connectivity index (χ4n) is 2.29. The smallest absolute Gasteiger partial charge is 0.316 e. The lowest BCUT2D eigenvalue weighted by Gasteiger charge is -2.22. The molecule has 1 aliphatic heterocycles. The number of aryl methyl sites for hydroxylation is 1. The van der Waals surface area contributed by atoms with Crippen LogP contribution in [-0.4, -0.2) is 35.4 Å². The first-order valence-electron chi connectivity index (χ1n) is 6.14. The van der Waals surface area contributed by atoms with Crippen LogP contribution in [0, 0.1) is 5.92 Å². The number of likely N-dealkylation sites (N-methyl/N-ethyl adjacent to an activating group) is 1. The van der Waals surface area contributed by atoms with Crippen LogP contribution in [0.4, 0.5) is 0 Å². The van der Waals surface area contributed by atoms with E-state index in [1.807, 2.05) is 7.05 Å². The van der Waals surface area contributed by atoms with Gasteiger partial charge in [0.25, 0.3) is 0 Å². The molecule has 1 aromatic rings. The molecule has 0 saturated carbocycles. The van der Waals surface area contributed by atoms with Crippen molar-refractivity contribution in [2.24, 2.45) is 13.0 Å². The molecule has 0 bridgehead atoms. The summed E-state index contributed by atoms with van der Waals surface area (Å²) in [4.78, 5) is 23.4. The van der Waals surface area contributed by atoms with Crippen molar-refractivity contribution < 1.29 is 4.74 Å². The Kier molecular flexibility index (Phi) is 3.98. The van der Waals surface area contributed by atoms with Gasteiger partial charge in [0.15, 0.2) is 0 Å². The predicted molar refractivity (Wildman–Crippen MR) is 67.7 cm³/mol. The maximum absolute atomic E-state index is 11.8. The maximum Gasteiger partial charge on any atom is 0.316 e. The van der Waals surface area contributed by atoms with Gasteiger partial charge in [0.05, 0.1) is 6.61 Å². The molecule has 2 rings (SSSR count). The van der Waals surface area contributed by atoms with Gasteiger partial charge in [-0.3, -0.25) is 9.59 Å². The molecule has 100 valence electrons. The fourth-order valence-corrected chi connectivity index (χ4v) is 2.29. The average molecular weight is 253 g/mol. The third-order valence-electron chi connectivity index (χ3n) is 3.53. The number of hydrogen-bond acceptors (Lipinski definition) is 4. The minimum absolute atomic E-state index is 0.150. The molecule has 0 radical (unpaired) electrons. The minimum Gasteiger partial charge on any atom is -0.381 e. The van der Waals surface area contributed by atoms with Gasteiger partial charge in [-0.15, -0.1) is 0 Å². The van der Waals surface area contributed by atoms with Crippen molar-refractivity contribution in [2.75, 3.05) is 20.3 Å². The largest absolute Gasteiger partial charge is 0.381 e. The van der Waals surface area contributed by atoms with Gasteiger partial charge in [0, 0.05) is 44.6 Å². The van der Waals surface area contributed by atoms with Gasteiger partial charge < -0.3 is 19.2 Å². The van der Waals surface area contributed by atoms with Crippen molar-refractivity contribution >= 4 is 0 Å². The summed E-state index contributed by atoms with van der Waals surface area (Å²) in [6, 6.07) is 0.150. The Bertz CT molecular complexity index is 514. The third-order valence-corrected chi connectivity index (χ3v) is 3.53. The second-order valence-corrected chi connectivity index (χ2v) is 4.69. The van der Waals surface area contributed by atoms with E-state index in [4.69, 9.17) is 4.74 Å². The quantitative estimate of drug-likeness (QED) is 0.711. The summed E-state index contributed by atoms with van der Waals surface area (Å²) in [5, 5.41) is 3.21. The summed E-state index contributed by atoms with van der Waals surface area (Å²) in [5.74, 6) is 0.394. The Hall–Kier alpha value is -1.40. The number of aromatic nitrogens is 2. The highest BCUT2D eigenvalue weighted by Crippen LogP contribution is 2.17. The van der Waals surface area contributed by atoms with Gasteiger partial charge in [-0.05, 0) is 13.5 Å². The van der Waals surface area contributed by atoms with E-state index >= 15 is 0 Å². The van der Waals surface area contributed by atoms with Crippen molar-refractivity contribution in [2.45, 2.75) is 19.0 Å². The van der Waals surface area contributed by atoms with Gasteiger partial charge in [-0.25, -0.2) is 0 Å². The summed E-state index contributed by atoms with van der Waals surface area (Å²) < 4.78 is 8.13. The Labute approximate surface area is 105 Å². The van der Waals surface area contributed by atoms with Gasteiger partial charge in [-0.1, -0.05) is 0 Å². The van der Waals surface area contributed by atoms with E-state index in [1.54, 1.807) is 19.4 Å². The number of nitrogens with one attached hydrogen (secondary N) is 1. The molecule has 1 aromatic heterocycles. The maximum atomic E-state index is 11.8. The second-order valence-electron chi connectivity index (χ2n) is 4.69. The molecule has 2 unspecified atom stereocenters. The van der Waals surface area contributed by atoms with E-state index in [0.29, 0.717) is 19.1 Å². The molecule has 18 heavy (non-hydrogen) atoms. The first kappa shape index (κ1) is 13.0. The van der Waals surface area contributed by atoms with Crippen molar-refractivity contribution in [3.8, 4) is 0 Å². The summed E-state index contributed by atoms with van der Waals surface area (Å²) >= 11 is 0. The molecule has 2 heterocycles. The normalized spacial score (nSPS) is 21.1. The molecular formula is C12H19N3O3. The molecule has 1 N–H and O–H groups in total. The van der Waals surface area contributed by atoms with E-state index in [-0.39, 0.29) is 6.04 Å². The lowest BCUT2D eigenvalue weighted by atomic mass is 9.99. The van der Waals surface area contributed by atoms with E-state index in [0.717, 1.165) is 13.0 Å². The van der Waals surface area contributed by atoms with Crippen molar-refractivity contribution in [3.05, 3.63) is 33.1 Å². The van der Waals surface area contributed by atoms with Crippen LogP contribution in [0.2, 0.25) is 0 Å². The topological polar surface area (TPSA) is 65.3 Å². The van der Waals surface area contributed by atoms with Crippen LogP contribution in [0.25, 0.3) is 0 Å². The van der Waals surface area contributed by atoms with Crippen LogP contribution in [0.15, 0.2) is 22.0 Å². The zero-order valence-corrected chi connectivity index (χ0v) is 10.8. The Morgan fingerprint density at radius 3 is 2.83 bits per heavy atom. The molecule has 0 aromatic carbocycles. The highest BCUT2D eigenvalue weighted by Gasteiger charge is 2.25. The third kappa shape index (κ3) is 2.54. The van der Waals surface area contributed by atoms with Crippen LogP contribution in [0.3, 0.4) is 0 Å². The molecule has 1 fully saturated rings. The Morgan fingerprint density at radius 1 is 1.44 bits per heavy atom. The molecule has 0 spiro atoms. The van der Waals surface area contributed by atoms with E-state index in [9.17, 15) is 9.59 Å². The first-order valence-corrected chi connectivity index (χ1v) is 6.14. The predicted octanol–water partition coefficient (Wildman–Crippen LogP) is -0.828. The summed E-state index contributed by atoms with van der Waals surface area (Å²) in [5.41, 5.74) is -0.964. The Balaban J connectivity index is 2.19. The zero-order valence-electron chi connectivity index (χ0n) is 10.8. The number of nitrogens with zero attached hydrogens (tertiary/aromatic N) is 2. The molecule has 1 aliphatic rings. The molecular weight excluding hydrogens is 234 g/mol. The lowest BCUT2D eigenvalue weighted by Crippen LogP contribution is -2.45. The molecule has 1 saturated heterocycles. The lowest BCUT2D eigenvalue weighted by molar-refractivity contribution is 0.174. The number of rotatable bonds is 4. The zero-order chi connectivity index (χ0) is 13.1. The fraction of sp³-hybridized carbons (Fsp3) is 0.667. The first-order chi connectivity index (χ1) is 8.63. The second kappa shape index (κ2) is 5.49. The van der Waals surface area contributed by atoms with E-state index < -0.39 is 11.1 Å². The van der Waals surface area contributed by atoms with Crippen LogP contribution < -0.4 is 16.4 Å². The number of ether oxygens (including phenoxy) is 1. The van der Waals surface area contributed by atoms with Crippen molar-refractivity contribution in [3.63, 3.8) is 0 Å². The highest BCUT2D eigenvalue weighted by molar-refractivity contribution is 4.88. The van der Waals surface area contributed by atoms with Crippen LogP contribution in [-0.2, 0) is 18.3 Å². The van der Waals surface area contributed by atoms with Gasteiger partial charge in [0.2, 0.25) is 0 Å². The van der Waals surface area contributed by atoms with Crippen LogP contribution in [0.1, 0.15) is 6.42 Å². The average Bonchev–Trinajstić information content (AvgIpc) is 2.89. The van der Waals surface area contributed by atoms with Crippen LogP contribution >= 0.6 is 0 Å². The Morgan fingerprint density at radius 2 is 2.22 bits per heavy atom. The molecule has 6 nitrogen and oxygen atoms in total. The van der Waals surface area contributed by atoms with E-state index in [1.165, 1.54) is 9.13 Å². The van der Waals surface area contributed by atoms with Crippen LogP contribution in [0.5, 0.6) is 0 Å². The van der Waals surface area contributed by atoms with Crippen molar-refractivity contribution in [1.29, 1.82) is 0 Å². The van der Waals surface area contributed by atoms with Gasteiger partial charge >= 0.3 is 11.1 Å². The monoisotopic (exact) mass is 253 g/mol. The summed E-state index contributed by atoms with van der Waals surface area (Å²) in [6.45, 7) is 1.98. The molecule has 0 amide bonds. The van der Waals surface area contributed by atoms with Crippen molar-refractivity contribution in [1.82, 2.24) is 14.5 Å². The SMILES string of the molecule is CNC(Cn1ccn(C)c(=O)c1=O)C1CCOC1.